The number of benzene rings is 2. The first kappa shape index (κ1) is 21.0. The second kappa shape index (κ2) is 9.19. The molecule has 5 nitrogen and oxygen atoms in total. The maximum atomic E-state index is 13.6. The summed E-state index contributed by atoms with van der Waals surface area (Å²) in [6, 6.07) is 20.7. The Labute approximate surface area is 176 Å². The van der Waals surface area contributed by atoms with Gasteiger partial charge >= 0.3 is 0 Å². The van der Waals surface area contributed by atoms with E-state index in [0.29, 0.717) is 17.0 Å². The van der Waals surface area contributed by atoms with Gasteiger partial charge in [0.05, 0.1) is 10.9 Å². The molecule has 148 valence electrons. The van der Waals surface area contributed by atoms with E-state index < -0.39 is 10.0 Å². The molecular formula is C22H20ClN3O2S. The van der Waals surface area contributed by atoms with Crippen LogP contribution in [0.25, 0.3) is 0 Å². The molecule has 1 aromatic heterocycles. The summed E-state index contributed by atoms with van der Waals surface area (Å²) >= 11 is 5.94. The van der Waals surface area contributed by atoms with E-state index in [1.165, 1.54) is 16.4 Å². The van der Waals surface area contributed by atoms with Crippen molar-refractivity contribution in [2.24, 2.45) is 0 Å². The summed E-state index contributed by atoms with van der Waals surface area (Å²) in [6.45, 7) is 2.09. The van der Waals surface area contributed by atoms with Crippen molar-refractivity contribution >= 4 is 21.6 Å². The van der Waals surface area contributed by atoms with E-state index in [1.807, 2.05) is 43.3 Å². The van der Waals surface area contributed by atoms with Crippen LogP contribution in [0.2, 0.25) is 5.02 Å². The van der Waals surface area contributed by atoms with E-state index in [-0.39, 0.29) is 23.2 Å². The average Bonchev–Trinajstić information content (AvgIpc) is 2.75. The molecular weight excluding hydrogens is 406 g/mol. The van der Waals surface area contributed by atoms with Gasteiger partial charge in [0.25, 0.3) is 0 Å². The summed E-state index contributed by atoms with van der Waals surface area (Å²) in [5.41, 5.74) is 1.90. The maximum absolute atomic E-state index is 13.6. The first-order valence-corrected chi connectivity index (χ1v) is 10.9. The fourth-order valence-corrected chi connectivity index (χ4v) is 4.95. The summed E-state index contributed by atoms with van der Waals surface area (Å²) in [4.78, 5) is 4.25. The normalized spacial score (nSPS) is 12.5. The van der Waals surface area contributed by atoms with Crippen molar-refractivity contribution in [1.29, 1.82) is 5.26 Å². The van der Waals surface area contributed by atoms with Gasteiger partial charge in [-0.3, -0.25) is 0 Å². The van der Waals surface area contributed by atoms with E-state index >= 15 is 0 Å². The van der Waals surface area contributed by atoms with Crippen molar-refractivity contribution in [3.63, 3.8) is 0 Å². The lowest BCUT2D eigenvalue weighted by atomic mass is 10.0. The Morgan fingerprint density at radius 1 is 1.07 bits per heavy atom. The summed E-state index contributed by atoms with van der Waals surface area (Å²) in [5, 5.41) is 9.43. The predicted octanol–water partition coefficient (Wildman–Crippen LogP) is 4.95. The van der Waals surface area contributed by atoms with Gasteiger partial charge in [-0.1, -0.05) is 54.9 Å². The average molecular weight is 426 g/mol. The van der Waals surface area contributed by atoms with Crippen molar-refractivity contribution in [3.05, 3.63) is 94.8 Å². The molecule has 0 aliphatic carbocycles. The van der Waals surface area contributed by atoms with Crippen LogP contribution in [0.3, 0.4) is 0 Å². The minimum absolute atomic E-state index is 0.136. The van der Waals surface area contributed by atoms with Crippen LogP contribution in [-0.4, -0.2) is 17.7 Å². The lowest BCUT2D eigenvalue weighted by Crippen LogP contribution is -2.34. The highest BCUT2D eigenvalue weighted by atomic mass is 35.5. The van der Waals surface area contributed by atoms with Crippen molar-refractivity contribution in [1.82, 2.24) is 9.29 Å². The molecule has 0 radical (unpaired) electrons. The van der Waals surface area contributed by atoms with Gasteiger partial charge in [0.15, 0.2) is 0 Å². The molecule has 0 saturated heterocycles. The standard InChI is InChI=1S/C22H20ClN3O2S/c1-2-22(18-6-4-3-5-7-18)26(16-17-8-11-20(14-24)25-15-17)29(27,28)21-12-9-19(23)10-13-21/h3-13,15,22H,2,16H2,1H3/t22-/m0/s1. The van der Waals surface area contributed by atoms with E-state index in [4.69, 9.17) is 16.9 Å². The van der Waals surface area contributed by atoms with Gasteiger partial charge in [0, 0.05) is 17.8 Å². The number of hydrogen-bond donors (Lipinski definition) is 0. The van der Waals surface area contributed by atoms with Crippen LogP contribution in [0, 0.1) is 11.3 Å². The monoisotopic (exact) mass is 425 g/mol. The van der Waals surface area contributed by atoms with Gasteiger partial charge in [0.2, 0.25) is 10.0 Å². The largest absolute Gasteiger partial charge is 0.245 e. The number of pyridine rings is 1. The molecule has 1 heterocycles. The minimum atomic E-state index is -3.81. The smallest absolute Gasteiger partial charge is 0.243 e. The zero-order chi connectivity index (χ0) is 20.9. The Bertz CT molecular complexity index is 1090. The van der Waals surface area contributed by atoms with Crippen LogP contribution in [0.5, 0.6) is 0 Å². The van der Waals surface area contributed by atoms with E-state index in [1.54, 1.807) is 30.5 Å². The second-order valence-electron chi connectivity index (χ2n) is 6.50. The zero-order valence-corrected chi connectivity index (χ0v) is 17.4. The Kier molecular flexibility index (Phi) is 6.65. The first-order chi connectivity index (χ1) is 14.0. The Morgan fingerprint density at radius 2 is 1.76 bits per heavy atom. The molecule has 3 rings (SSSR count). The molecule has 0 unspecified atom stereocenters. The van der Waals surface area contributed by atoms with Crippen LogP contribution in [-0.2, 0) is 16.6 Å². The first-order valence-electron chi connectivity index (χ1n) is 9.13. The topological polar surface area (TPSA) is 74.1 Å². The molecule has 0 N–H and O–H groups in total. The molecule has 7 heteroatoms. The SMILES string of the molecule is CC[C@@H](c1ccccc1)N(Cc1ccc(C#N)nc1)S(=O)(=O)c1ccc(Cl)cc1. The highest BCUT2D eigenvalue weighted by Crippen LogP contribution is 2.32. The maximum Gasteiger partial charge on any atom is 0.243 e. The number of nitrogens with zero attached hydrogens (tertiary/aromatic N) is 3. The number of aromatic nitrogens is 1. The van der Waals surface area contributed by atoms with Crippen LogP contribution >= 0.6 is 11.6 Å². The van der Waals surface area contributed by atoms with Gasteiger partial charge in [-0.05, 0) is 47.9 Å². The quantitative estimate of drug-likeness (QED) is 0.536. The molecule has 0 aliphatic heterocycles. The predicted molar refractivity (Wildman–Crippen MR) is 113 cm³/mol. The third kappa shape index (κ3) is 4.83. The Balaban J connectivity index is 2.06. The summed E-state index contributed by atoms with van der Waals surface area (Å²) < 4.78 is 28.6. The summed E-state index contributed by atoms with van der Waals surface area (Å²) in [7, 11) is -3.81. The number of rotatable bonds is 7. The molecule has 2 aromatic carbocycles. The second-order valence-corrected chi connectivity index (χ2v) is 8.83. The Hall–Kier alpha value is -2.72. The lowest BCUT2D eigenvalue weighted by molar-refractivity contribution is 0.309. The molecule has 0 amide bonds. The molecule has 29 heavy (non-hydrogen) atoms. The van der Waals surface area contributed by atoms with Gasteiger partial charge in [-0.2, -0.15) is 9.57 Å². The fourth-order valence-electron chi connectivity index (χ4n) is 3.15. The molecule has 1 atom stereocenters. The number of hydrogen-bond acceptors (Lipinski definition) is 4. The number of nitriles is 1. The third-order valence-corrected chi connectivity index (χ3v) is 6.74. The van der Waals surface area contributed by atoms with Gasteiger partial charge in [0.1, 0.15) is 11.8 Å². The van der Waals surface area contributed by atoms with Crippen molar-refractivity contribution in [2.75, 3.05) is 0 Å². The van der Waals surface area contributed by atoms with E-state index in [0.717, 1.165) is 5.56 Å². The lowest BCUT2D eigenvalue weighted by Gasteiger charge is -2.31. The third-order valence-electron chi connectivity index (χ3n) is 4.62. The van der Waals surface area contributed by atoms with Gasteiger partial charge in [-0.15, -0.1) is 0 Å². The van der Waals surface area contributed by atoms with E-state index in [2.05, 4.69) is 4.98 Å². The number of sulfonamides is 1. The molecule has 3 aromatic rings. The molecule has 0 fully saturated rings. The van der Waals surface area contributed by atoms with E-state index in [9.17, 15) is 8.42 Å². The number of halogens is 1. The minimum Gasteiger partial charge on any atom is -0.245 e. The fraction of sp³-hybridized carbons (Fsp3) is 0.182. The molecule has 0 saturated carbocycles. The highest BCUT2D eigenvalue weighted by Gasteiger charge is 2.31. The molecule has 0 aliphatic rings. The van der Waals surface area contributed by atoms with Crippen molar-refractivity contribution in [3.8, 4) is 6.07 Å². The summed E-state index contributed by atoms with van der Waals surface area (Å²) in [6.07, 6.45) is 2.14. The molecule has 0 spiro atoms. The van der Waals surface area contributed by atoms with Crippen LogP contribution in [0.15, 0.2) is 77.8 Å². The van der Waals surface area contributed by atoms with Crippen LogP contribution < -0.4 is 0 Å². The zero-order valence-electron chi connectivity index (χ0n) is 15.9. The van der Waals surface area contributed by atoms with Crippen LogP contribution in [0.1, 0.15) is 36.2 Å². The van der Waals surface area contributed by atoms with Crippen LogP contribution in [0.4, 0.5) is 0 Å². The Morgan fingerprint density at radius 3 is 2.31 bits per heavy atom. The summed E-state index contributed by atoms with van der Waals surface area (Å²) in [5.74, 6) is 0. The van der Waals surface area contributed by atoms with Gasteiger partial charge in [-0.25, -0.2) is 13.4 Å². The van der Waals surface area contributed by atoms with Crippen molar-refractivity contribution < 1.29 is 8.42 Å². The van der Waals surface area contributed by atoms with Gasteiger partial charge < -0.3 is 0 Å². The molecule has 0 bridgehead atoms. The van der Waals surface area contributed by atoms with Crippen molar-refractivity contribution in [2.45, 2.75) is 30.8 Å². The highest BCUT2D eigenvalue weighted by molar-refractivity contribution is 7.89.